The van der Waals surface area contributed by atoms with E-state index in [1.807, 2.05) is 24.3 Å². The number of hydrogen-bond acceptors (Lipinski definition) is 3. The molecule has 1 aromatic rings. The molecule has 1 aromatic carbocycles. The van der Waals surface area contributed by atoms with Gasteiger partial charge in [0.1, 0.15) is 5.75 Å². The number of nitrogens with zero attached hydrogens (tertiary/aromatic N) is 1. The minimum Gasteiger partial charge on any atom is -0.497 e. The highest BCUT2D eigenvalue weighted by atomic mass is 16.5. The lowest BCUT2D eigenvalue weighted by Gasteiger charge is -2.31. The van der Waals surface area contributed by atoms with E-state index in [9.17, 15) is 4.79 Å². The van der Waals surface area contributed by atoms with Gasteiger partial charge in [-0.1, -0.05) is 19.1 Å². The quantitative estimate of drug-likeness (QED) is 0.873. The van der Waals surface area contributed by atoms with Crippen LogP contribution in [-0.2, 0) is 11.2 Å². The fourth-order valence-corrected chi connectivity index (χ4v) is 2.78. The molecule has 1 aliphatic heterocycles. The number of carbonyl (C=O) groups excluding carboxylic acids is 1. The summed E-state index contributed by atoms with van der Waals surface area (Å²) in [4.78, 5) is 14.5. The molecular formula is C17H26N2O2. The number of amides is 1. The number of benzene rings is 1. The topological polar surface area (TPSA) is 41.6 Å². The van der Waals surface area contributed by atoms with Gasteiger partial charge in [0, 0.05) is 25.6 Å². The molecule has 0 spiro atoms. The van der Waals surface area contributed by atoms with Crippen molar-refractivity contribution in [2.24, 2.45) is 0 Å². The van der Waals surface area contributed by atoms with Gasteiger partial charge >= 0.3 is 0 Å². The van der Waals surface area contributed by atoms with Crippen molar-refractivity contribution >= 4 is 5.91 Å². The van der Waals surface area contributed by atoms with Crippen molar-refractivity contribution in [3.05, 3.63) is 29.8 Å². The van der Waals surface area contributed by atoms with Crippen LogP contribution >= 0.6 is 0 Å². The highest BCUT2D eigenvalue weighted by molar-refractivity contribution is 5.76. The van der Waals surface area contributed by atoms with E-state index < -0.39 is 0 Å². The summed E-state index contributed by atoms with van der Waals surface area (Å²) in [5, 5.41) is 3.17. The van der Waals surface area contributed by atoms with Crippen molar-refractivity contribution in [3.63, 3.8) is 0 Å². The number of aryl methyl sites for hydroxylation is 1. The van der Waals surface area contributed by atoms with Crippen LogP contribution in [0.3, 0.4) is 0 Å². The van der Waals surface area contributed by atoms with Crippen LogP contribution < -0.4 is 10.1 Å². The average Bonchev–Trinajstić information content (AvgIpc) is 2.54. The summed E-state index contributed by atoms with van der Waals surface area (Å²) in [5.41, 5.74) is 1.14. The summed E-state index contributed by atoms with van der Waals surface area (Å²) >= 11 is 0. The zero-order valence-corrected chi connectivity index (χ0v) is 13.1. The maximum Gasteiger partial charge on any atom is 0.220 e. The summed E-state index contributed by atoms with van der Waals surface area (Å²) in [5.74, 6) is 1.01. The van der Waals surface area contributed by atoms with Gasteiger partial charge in [-0.05, 0) is 43.5 Å². The van der Waals surface area contributed by atoms with E-state index in [1.165, 1.54) is 0 Å². The number of carbonyl (C=O) groups is 1. The van der Waals surface area contributed by atoms with Crippen LogP contribution in [0.25, 0.3) is 0 Å². The van der Waals surface area contributed by atoms with Crippen LogP contribution in [0.4, 0.5) is 0 Å². The van der Waals surface area contributed by atoms with Crippen LogP contribution in [-0.4, -0.2) is 43.6 Å². The molecule has 1 fully saturated rings. The third-order valence-corrected chi connectivity index (χ3v) is 4.17. The predicted octanol–water partition coefficient (Wildman–Crippen LogP) is 2.23. The summed E-state index contributed by atoms with van der Waals surface area (Å²) in [7, 11) is 1.66. The highest BCUT2D eigenvalue weighted by Gasteiger charge is 2.19. The molecule has 1 heterocycles. The van der Waals surface area contributed by atoms with E-state index in [2.05, 4.69) is 17.1 Å². The second-order valence-corrected chi connectivity index (χ2v) is 5.63. The first-order valence-corrected chi connectivity index (χ1v) is 7.86. The Kier molecular flexibility index (Phi) is 6.05. The summed E-state index contributed by atoms with van der Waals surface area (Å²) < 4.78 is 5.20. The first-order valence-electron chi connectivity index (χ1n) is 7.86. The SMILES string of the molecule is CCN1CCC(NC(=O)CCc2cccc(OC)c2)CC1. The molecule has 21 heavy (non-hydrogen) atoms. The van der Waals surface area contributed by atoms with Gasteiger partial charge in [0.05, 0.1) is 7.11 Å². The van der Waals surface area contributed by atoms with Crippen molar-refractivity contribution in [2.75, 3.05) is 26.7 Å². The van der Waals surface area contributed by atoms with Gasteiger partial charge in [-0.3, -0.25) is 4.79 Å². The molecule has 1 aliphatic rings. The molecule has 0 radical (unpaired) electrons. The van der Waals surface area contributed by atoms with Gasteiger partial charge in [-0.25, -0.2) is 0 Å². The molecule has 116 valence electrons. The van der Waals surface area contributed by atoms with Crippen molar-refractivity contribution in [3.8, 4) is 5.75 Å². The molecular weight excluding hydrogens is 264 g/mol. The molecule has 0 atom stereocenters. The Morgan fingerprint density at radius 1 is 1.38 bits per heavy atom. The smallest absolute Gasteiger partial charge is 0.220 e. The van der Waals surface area contributed by atoms with E-state index >= 15 is 0 Å². The van der Waals surface area contributed by atoms with Gasteiger partial charge in [0.15, 0.2) is 0 Å². The van der Waals surface area contributed by atoms with Crippen LogP contribution in [0.2, 0.25) is 0 Å². The Morgan fingerprint density at radius 3 is 2.81 bits per heavy atom. The van der Waals surface area contributed by atoms with Crippen LogP contribution in [0, 0.1) is 0 Å². The lowest BCUT2D eigenvalue weighted by Crippen LogP contribution is -2.44. The lowest BCUT2D eigenvalue weighted by atomic mass is 10.0. The van der Waals surface area contributed by atoms with Gasteiger partial charge in [0.25, 0.3) is 0 Å². The van der Waals surface area contributed by atoms with Crippen molar-refractivity contribution < 1.29 is 9.53 Å². The zero-order valence-electron chi connectivity index (χ0n) is 13.1. The summed E-state index contributed by atoms with van der Waals surface area (Å²) in [6.45, 7) is 5.48. The first-order chi connectivity index (χ1) is 10.2. The first kappa shape index (κ1) is 15.8. The molecule has 1 N–H and O–H groups in total. The lowest BCUT2D eigenvalue weighted by molar-refractivity contribution is -0.122. The largest absolute Gasteiger partial charge is 0.497 e. The maximum absolute atomic E-state index is 12.0. The number of piperidine rings is 1. The monoisotopic (exact) mass is 290 g/mol. The zero-order chi connectivity index (χ0) is 15.1. The van der Waals surface area contributed by atoms with E-state index in [4.69, 9.17) is 4.74 Å². The van der Waals surface area contributed by atoms with Crippen molar-refractivity contribution in [1.29, 1.82) is 0 Å². The third kappa shape index (κ3) is 5.05. The normalized spacial score (nSPS) is 16.7. The molecule has 0 saturated carbocycles. The molecule has 0 bridgehead atoms. The number of rotatable bonds is 6. The van der Waals surface area contributed by atoms with E-state index in [0.29, 0.717) is 12.5 Å². The average molecular weight is 290 g/mol. The number of hydrogen-bond donors (Lipinski definition) is 1. The minimum absolute atomic E-state index is 0.160. The van der Waals surface area contributed by atoms with E-state index in [1.54, 1.807) is 7.11 Å². The van der Waals surface area contributed by atoms with E-state index in [0.717, 1.165) is 50.2 Å². The van der Waals surface area contributed by atoms with Gasteiger partial charge in [-0.2, -0.15) is 0 Å². The van der Waals surface area contributed by atoms with Crippen LogP contribution in [0.5, 0.6) is 5.75 Å². The van der Waals surface area contributed by atoms with Gasteiger partial charge < -0.3 is 15.0 Å². The Balaban J connectivity index is 1.72. The predicted molar refractivity (Wildman–Crippen MR) is 84.6 cm³/mol. The number of methoxy groups -OCH3 is 1. The summed E-state index contributed by atoms with van der Waals surface area (Å²) in [6.07, 6.45) is 3.44. The standard InChI is InChI=1S/C17H26N2O2/c1-3-19-11-9-15(10-12-19)18-17(20)8-7-14-5-4-6-16(13-14)21-2/h4-6,13,15H,3,7-12H2,1-2H3,(H,18,20). The Bertz CT molecular complexity index is 454. The van der Waals surface area contributed by atoms with Crippen molar-refractivity contribution in [2.45, 2.75) is 38.6 Å². The molecule has 1 saturated heterocycles. The maximum atomic E-state index is 12.0. The molecule has 0 aromatic heterocycles. The Morgan fingerprint density at radius 2 is 2.14 bits per heavy atom. The number of nitrogens with one attached hydrogen (secondary N) is 1. The molecule has 1 amide bonds. The molecule has 4 nitrogen and oxygen atoms in total. The molecule has 0 aliphatic carbocycles. The van der Waals surface area contributed by atoms with Gasteiger partial charge in [-0.15, -0.1) is 0 Å². The molecule has 4 heteroatoms. The van der Waals surface area contributed by atoms with Crippen LogP contribution in [0.1, 0.15) is 31.7 Å². The molecule has 0 unspecified atom stereocenters. The number of likely N-dealkylation sites (tertiary alicyclic amines) is 1. The highest BCUT2D eigenvalue weighted by Crippen LogP contribution is 2.14. The van der Waals surface area contributed by atoms with E-state index in [-0.39, 0.29) is 5.91 Å². The fourth-order valence-electron chi connectivity index (χ4n) is 2.78. The second-order valence-electron chi connectivity index (χ2n) is 5.63. The second kappa shape index (κ2) is 8.03. The molecule has 2 rings (SSSR count). The fraction of sp³-hybridized carbons (Fsp3) is 0.588. The number of ether oxygens (including phenoxy) is 1. The Hall–Kier alpha value is -1.55. The van der Waals surface area contributed by atoms with Gasteiger partial charge in [0.2, 0.25) is 5.91 Å². The third-order valence-electron chi connectivity index (χ3n) is 4.17. The summed E-state index contributed by atoms with van der Waals surface area (Å²) in [6, 6.07) is 8.27. The van der Waals surface area contributed by atoms with Crippen LogP contribution in [0.15, 0.2) is 24.3 Å². The Labute approximate surface area is 127 Å². The van der Waals surface area contributed by atoms with Crippen molar-refractivity contribution in [1.82, 2.24) is 10.2 Å². The minimum atomic E-state index is 0.160.